The fourth-order valence-electron chi connectivity index (χ4n) is 2.50. The lowest BCUT2D eigenvalue weighted by Crippen LogP contribution is -2.26. The summed E-state index contributed by atoms with van der Waals surface area (Å²) in [5, 5.41) is 4.84. The van der Waals surface area contributed by atoms with Crippen LogP contribution in [0.2, 0.25) is 0 Å². The summed E-state index contributed by atoms with van der Waals surface area (Å²) in [5.41, 5.74) is 2.51. The molecule has 0 unspecified atom stereocenters. The molecule has 0 bridgehead atoms. The Balaban J connectivity index is 2.26. The van der Waals surface area contributed by atoms with Gasteiger partial charge >= 0.3 is 6.03 Å². The van der Waals surface area contributed by atoms with E-state index in [-0.39, 0.29) is 17.9 Å². The summed E-state index contributed by atoms with van der Waals surface area (Å²) >= 11 is 0. The predicted octanol–water partition coefficient (Wildman–Crippen LogP) is 4.83. The lowest BCUT2D eigenvalue weighted by atomic mass is 10.1. The van der Waals surface area contributed by atoms with E-state index >= 15 is 0 Å². The van der Waals surface area contributed by atoms with Gasteiger partial charge in [0, 0.05) is 18.2 Å². The molecule has 25 heavy (non-hydrogen) atoms. The van der Waals surface area contributed by atoms with Crippen LogP contribution in [0, 0.1) is 6.92 Å². The van der Waals surface area contributed by atoms with E-state index in [4.69, 9.17) is 4.74 Å². The molecule has 0 aliphatic rings. The van der Waals surface area contributed by atoms with Crippen molar-refractivity contribution in [1.82, 2.24) is 5.32 Å². The number of benzene rings is 2. The molecule has 0 atom stereocenters. The van der Waals surface area contributed by atoms with Gasteiger partial charge in [-0.05, 0) is 30.5 Å². The lowest BCUT2D eigenvalue weighted by molar-refractivity contribution is 0.152. The third kappa shape index (κ3) is 4.68. The van der Waals surface area contributed by atoms with Crippen molar-refractivity contribution < 1.29 is 18.3 Å². The molecule has 2 rings (SSSR count). The maximum atomic E-state index is 13.3. The highest BCUT2D eigenvalue weighted by Gasteiger charge is 2.18. The van der Waals surface area contributed by atoms with E-state index < -0.39 is 12.5 Å². The van der Waals surface area contributed by atoms with E-state index in [1.165, 1.54) is 24.7 Å². The average Bonchev–Trinajstić information content (AvgIpc) is 2.60. The molecule has 0 saturated heterocycles. The van der Waals surface area contributed by atoms with Crippen molar-refractivity contribution in [3.05, 3.63) is 58.7 Å². The summed E-state index contributed by atoms with van der Waals surface area (Å²) in [6, 6.07) is 9.81. The van der Waals surface area contributed by atoms with Crippen molar-refractivity contribution in [3.8, 4) is 5.75 Å². The molecule has 0 aromatic heterocycles. The Hall–Kier alpha value is -2.63. The van der Waals surface area contributed by atoms with Gasteiger partial charge < -0.3 is 15.4 Å². The van der Waals surface area contributed by atoms with Crippen LogP contribution in [0.1, 0.15) is 35.6 Å². The van der Waals surface area contributed by atoms with E-state index in [0.717, 1.165) is 12.0 Å². The van der Waals surface area contributed by atoms with Gasteiger partial charge in [0.05, 0.1) is 5.69 Å². The van der Waals surface area contributed by atoms with Crippen LogP contribution in [0.25, 0.3) is 0 Å². The molecule has 2 amide bonds. The molecule has 134 valence electrons. The van der Waals surface area contributed by atoms with Gasteiger partial charge in [0.15, 0.2) is 0 Å². The van der Waals surface area contributed by atoms with Crippen molar-refractivity contribution in [2.24, 2.45) is 0 Å². The van der Waals surface area contributed by atoms with Crippen molar-refractivity contribution in [2.75, 3.05) is 12.4 Å². The number of aryl methyl sites for hydroxylation is 2. The van der Waals surface area contributed by atoms with E-state index in [9.17, 15) is 13.6 Å². The molecular weight excluding hydrogens is 326 g/mol. The molecule has 4 nitrogen and oxygen atoms in total. The first-order valence-corrected chi connectivity index (χ1v) is 8.07. The van der Waals surface area contributed by atoms with Gasteiger partial charge in [-0.25, -0.2) is 13.6 Å². The molecular formula is C19H22F2N2O2. The zero-order valence-corrected chi connectivity index (χ0v) is 14.5. The molecule has 0 fully saturated rings. The van der Waals surface area contributed by atoms with Gasteiger partial charge in [-0.15, -0.1) is 0 Å². The number of ether oxygens (including phenoxy) is 1. The Morgan fingerprint density at radius 2 is 2.00 bits per heavy atom. The maximum Gasteiger partial charge on any atom is 0.318 e. The van der Waals surface area contributed by atoms with Crippen molar-refractivity contribution in [3.63, 3.8) is 0 Å². The Bertz CT molecular complexity index is 748. The summed E-state index contributed by atoms with van der Waals surface area (Å²) in [6.45, 7) is 4.09. The lowest BCUT2D eigenvalue weighted by Gasteiger charge is -2.17. The van der Waals surface area contributed by atoms with Crippen LogP contribution in [-0.4, -0.2) is 13.1 Å². The van der Waals surface area contributed by atoms with Crippen LogP contribution in [-0.2, 0) is 13.0 Å². The minimum atomic E-state index is -2.70. The van der Waals surface area contributed by atoms with Gasteiger partial charge in [-0.1, -0.05) is 37.3 Å². The van der Waals surface area contributed by atoms with Crippen LogP contribution < -0.4 is 15.4 Å². The predicted molar refractivity (Wildman–Crippen MR) is 94.4 cm³/mol. The van der Waals surface area contributed by atoms with Crippen LogP contribution >= 0.6 is 0 Å². The van der Waals surface area contributed by atoms with Crippen molar-refractivity contribution >= 4 is 11.7 Å². The van der Waals surface area contributed by atoms with Crippen molar-refractivity contribution in [1.29, 1.82) is 0 Å². The average molecular weight is 348 g/mol. The quantitative estimate of drug-likeness (QED) is 0.786. The zero-order chi connectivity index (χ0) is 18.4. The number of carbonyl (C=O) groups excluding carboxylic acids is 1. The molecule has 2 aromatic carbocycles. The zero-order valence-electron chi connectivity index (χ0n) is 14.5. The number of rotatable bonds is 6. The normalized spacial score (nSPS) is 10.6. The SMILES string of the molecule is CCc1ccc(OCc2cccc(C(F)F)c2NC(=O)NC)c(C)c1. The number of anilines is 1. The number of para-hydroxylation sites is 1. The highest BCUT2D eigenvalue weighted by molar-refractivity contribution is 5.91. The Morgan fingerprint density at radius 3 is 2.60 bits per heavy atom. The number of carbonyl (C=O) groups is 1. The van der Waals surface area contributed by atoms with E-state index in [1.807, 2.05) is 25.1 Å². The number of alkyl halides is 2. The monoisotopic (exact) mass is 348 g/mol. The van der Waals surface area contributed by atoms with Gasteiger partial charge in [0.1, 0.15) is 12.4 Å². The second-order valence-corrected chi connectivity index (χ2v) is 5.63. The minimum Gasteiger partial charge on any atom is -0.489 e. The smallest absolute Gasteiger partial charge is 0.318 e. The molecule has 0 aliphatic carbocycles. The molecule has 0 aliphatic heterocycles. The van der Waals surface area contributed by atoms with Crippen LogP contribution in [0.3, 0.4) is 0 Å². The number of hydrogen-bond acceptors (Lipinski definition) is 2. The summed E-state index contributed by atoms with van der Waals surface area (Å²) in [5.74, 6) is 0.686. The second kappa shape index (κ2) is 8.46. The highest BCUT2D eigenvalue weighted by Crippen LogP contribution is 2.31. The van der Waals surface area contributed by atoms with Crippen LogP contribution in [0.15, 0.2) is 36.4 Å². The standard InChI is InChI=1S/C19H22F2N2O2/c1-4-13-8-9-16(12(2)10-13)25-11-14-6-5-7-15(18(20)21)17(14)23-19(24)22-3/h5-10,18H,4,11H2,1-3H3,(H2,22,23,24). The maximum absolute atomic E-state index is 13.3. The van der Waals surface area contributed by atoms with E-state index in [2.05, 4.69) is 17.6 Å². The molecule has 0 saturated carbocycles. The van der Waals surface area contributed by atoms with Crippen LogP contribution in [0.4, 0.5) is 19.3 Å². The van der Waals surface area contributed by atoms with Crippen molar-refractivity contribution in [2.45, 2.75) is 33.3 Å². The molecule has 6 heteroatoms. The number of hydrogen-bond donors (Lipinski definition) is 2. The fraction of sp³-hybridized carbons (Fsp3) is 0.316. The molecule has 0 radical (unpaired) electrons. The third-order valence-corrected chi connectivity index (χ3v) is 3.91. The summed E-state index contributed by atoms with van der Waals surface area (Å²) in [6.07, 6.45) is -1.77. The second-order valence-electron chi connectivity index (χ2n) is 5.63. The summed E-state index contributed by atoms with van der Waals surface area (Å²) in [4.78, 5) is 11.6. The largest absolute Gasteiger partial charge is 0.489 e. The first kappa shape index (κ1) is 18.7. The van der Waals surface area contributed by atoms with Gasteiger partial charge in [0.25, 0.3) is 6.43 Å². The summed E-state index contributed by atoms with van der Waals surface area (Å²) in [7, 11) is 1.43. The number of amides is 2. The van der Waals surface area contributed by atoms with Gasteiger partial charge in [-0.3, -0.25) is 0 Å². The topological polar surface area (TPSA) is 50.4 Å². The fourth-order valence-corrected chi connectivity index (χ4v) is 2.50. The molecule has 2 N–H and O–H groups in total. The first-order chi connectivity index (χ1) is 12.0. The Labute approximate surface area is 146 Å². The van der Waals surface area contributed by atoms with Gasteiger partial charge in [0.2, 0.25) is 0 Å². The molecule has 0 spiro atoms. The molecule has 2 aromatic rings. The molecule has 0 heterocycles. The summed E-state index contributed by atoms with van der Waals surface area (Å²) < 4.78 is 32.3. The minimum absolute atomic E-state index is 0.0756. The number of halogens is 2. The number of urea groups is 1. The number of nitrogens with one attached hydrogen (secondary N) is 2. The first-order valence-electron chi connectivity index (χ1n) is 8.07. The third-order valence-electron chi connectivity index (χ3n) is 3.91. The Morgan fingerprint density at radius 1 is 1.24 bits per heavy atom. The van der Waals surface area contributed by atoms with Gasteiger partial charge in [-0.2, -0.15) is 0 Å². The Kier molecular flexibility index (Phi) is 6.33. The van der Waals surface area contributed by atoms with E-state index in [1.54, 1.807) is 6.07 Å². The van der Waals surface area contributed by atoms with E-state index in [0.29, 0.717) is 11.3 Å². The van der Waals surface area contributed by atoms with Crippen LogP contribution in [0.5, 0.6) is 5.75 Å². The highest BCUT2D eigenvalue weighted by atomic mass is 19.3.